The van der Waals surface area contributed by atoms with Gasteiger partial charge in [-0.25, -0.2) is 0 Å². The van der Waals surface area contributed by atoms with Crippen molar-refractivity contribution in [3.05, 3.63) is 36.5 Å². The molecule has 1 heteroatoms. The highest BCUT2D eigenvalue weighted by Gasteiger charge is 1.99. The Morgan fingerprint density at radius 2 is 1.79 bits per heavy atom. The fourth-order valence-corrected chi connectivity index (χ4v) is 0.877. The smallest absolute Gasteiger partial charge is 0.158 e. The molecule has 0 atom stereocenters. The molecule has 1 nitrogen and oxygen atoms in total. The molecule has 0 unspecified atom stereocenters. The molecule has 14 heavy (non-hydrogen) atoms. The molecule has 0 amide bonds. The van der Waals surface area contributed by atoms with Crippen LogP contribution in [0.4, 0.5) is 0 Å². The number of carbonyl (C=O) groups excluding carboxylic acids is 1. The van der Waals surface area contributed by atoms with Gasteiger partial charge in [-0.15, -0.1) is 0 Å². The van der Waals surface area contributed by atoms with E-state index in [1.807, 2.05) is 39.0 Å². The summed E-state index contributed by atoms with van der Waals surface area (Å²) in [4.78, 5) is 11.1. The molecular weight excluding hydrogens is 172 g/mol. The van der Waals surface area contributed by atoms with Gasteiger partial charge in [0.1, 0.15) is 0 Å². The maximum atomic E-state index is 11.1. The van der Waals surface area contributed by atoms with Crippen LogP contribution in [0.5, 0.6) is 0 Å². The van der Waals surface area contributed by atoms with Crippen molar-refractivity contribution >= 4 is 5.78 Å². The molecule has 0 bridgehead atoms. The van der Waals surface area contributed by atoms with Crippen LogP contribution in [0.3, 0.4) is 0 Å². The van der Waals surface area contributed by atoms with Gasteiger partial charge in [0.2, 0.25) is 0 Å². The summed E-state index contributed by atoms with van der Waals surface area (Å²) < 4.78 is 0. The number of carbonyl (C=O) groups is 1. The molecule has 0 aliphatic carbocycles. The van der Waals surface area contributed by atoms with Crippen molar-refractivity contribution in [2.24, 2.45) is 5.92 Å². The van der Waals surface area contributed by atoms with E-state index in [1.54, 1.807) is 6.08 Å². The first-order chi connectivity index (χ1) is 6.68. The third-order valence-electron chi connectivity index (χ3n) is 1.81. The molecule has 0 aromatic heterocycles. The highest BCUT2D eigenvalue weighted by Crippen LogP contribution is 1.96. The molecule has 0 rings (SSSR count). The van der Waals surface area contributed by atoms with E-state index in [-0.39, 0.29) is 11.7 Å². The lowest BCUT2D eigenvalue weighted by atomic mass is 10.1. The average molecular weight is 192 g/mol. The van der Waals surface area contributed by atoms with Crippen LogP contribution < -0.4 is 0 Å². The average Bonchev–Trinajstić information content (AvgIpc) is 2.16. The predicted octanol–water partition coefficient (Wildman–Crippen LogP) is 3.68. The minimum atomic E-state index is 0.0997. The maximum absolute atomic E-state index is 11.1. The lowest BCUT2D eigenvalue weighted by Crippen LogP contribution is -2.01. The largest absolute Gasteiger partial charge is 0.295 e. The van der Waals surface area contributed by atoms with Crippen molar-refractivity contribution in [3.8, 4) is 0 Å². The summed E-state index contributed by atoms with van der Waals surface area (Å²) in [7, 11) is 0. The first kappa shape index (κ1) is 12.9. The monoisotopic (exact) mass is 192 g/mol. The van der Waals surface area contributed by atoms with Crippen LogP contribution in [0, 0.1) is 5.92 Å². The second-order valence-electron chi connectivity index (χ2n) is 3.49. The predicted molar refractivity (Wildman–Crippen MR) is 62.2 cm³/mol. The summed E-state index contributed by atoms with van der Waals surface area (Å²) in [6, 6.07) is 0. The SMILES string of the molecule is C/C=C/CC/C=C/C=C/C(=O)C(C)C. The number of hydrogen-bond donors (Lipinski definition) is 0. The zero-order valence-electron chi connectivity index (χ0n) is 9.36. The van der Waals surface area contributed by atoms with Gasteiger partial charge in [0, 0.05) is 5.92 Å². The van der Waals surface area contributed by atoms with Crippen LogP contribution in [-0.4, -0.2) is 5.78 Å². The minimum Gasteiger partial charge on any atom is -0.295 e. The summed E-state index contributed by atoms with van der Waals surface area (Å²) in [5, 5.41) is 0. The van der Waals surface area contributed by atoms with Gasteiger partial charge in [-0.2, -0.15) is 0 Å². The van der Waals surface area contributed by atoms with Gasteiger partial charge in [0.05, 0.1) is 0 Å². The van der Waals surface area contributed by atoms with Crippen LogP contribution in [0.25, 0.3) is 0 Å². The number of hydrogen-bond acceptors (Lipinski definition) is 1. The molecule has 0 aliphatic heterocycles. The summed E-state index contributed by atoms with van der Waals surface area (Å²) in [6.45, 7) is 5.83. The van der Waals surface area contributed by atoms with E-state index in [9.17, 15) is 4.79 Å². The number of rotatable bonds is 6. The molecule has 0 aliphatic rings. The molecular formula is C13H20O. The molecule has 0 heterocycles. The Labute approximate surface area is 87.2 Å². The maximum Gasteiger partial charge on any atom is 0.158 e. The molecule has 0 saturated carbocycles. The van der Waals surface area contributed by atoms with Gasteiger partial charge in [-0.1, -0.05) is 44.2 Å². The molecule has 78 valence electrons. The number of unbranched alkanes of at least 4 members (excludes halogenated alkanes) is 1. The van der Waals surface area contributed by atoms with Crippen molar-refractivity contribution < 1.29 is 4.79 Å². The zero-order chi connectivity index (χ0) is 10.8. The van der Waals surface area contributed by atoms with Crippen molar-refractivity contribution in [2.75, 3.05) is 0 Å². The Balaban J connectivity index is 3.65. The third-order valence-corrected chi connectivity index (χ3v) is 1.81. The van der Waals surface area contributed by atoms with Gasteiger partial charge in [-0.05, 0) is 25.8 Å². The molecule has 0 radical (unpaired) electrons. The van der Waals surface area contributed by atoms with Crippen LogP contribution in [0.2, 0.25) is 0 Å². The first-order valence-corrected chi connectivity index (χ1v) is 5.16. The van der Waals surface area contributed by atoms with E-state index in [1.165, 1.54) is 0 Å². The molecule has 0 fully saturated rings. The fourth-order valence-electron chi connectivity index (χ4n) is 0.877. The van der Waals surface area contributed by atoms with Gasteiger partial charge in [0.15, 0.2) is 5.78 Å². The van der Waals surface area contributed by atoms with Crippen molar-refractivity contribution in [3.63, 3.8) is 0 Å². The second kappa shape index (κ2) is 8.49. The van der Waals surface area contributed by atoms with E-state index in [0.717, 1.165) is 12.8 Å². The fraction of sp³-hybridized carbons (Fsp3) is 0.462. The Morgan fingerprint density at radius 3 is 2.36 bits per heavy atom. The van der Waals surface area contributed by atoms with Gasteiger partial charge >= 0.3 is 0 Å². The van der Waals surface area contributed by atoms with Crippen molar-refractivity contribution in [1.29, 1.82) is 0 Å². The van der Waals surface area contributed by atoms with Crippen molar-refractivity contribution in [2.45, 2.75) is 33.6 Å². The normalized spacial score (nSPS) is 12.6. The van der Waals surface area contributed by atoms with E-state index >= 15 is 0 Å². The Hall–Kier alpha value is -1.11. The van der Waals surface area contributed by atoms with E-state index in [4.69, 9.17) is 0 Å². The molecule has 0 aromatic carbocycles. The summed E-state index contributed by atoms with van der Waals surface area (Å²) in [5.74, 6) is 0.283. The third kappa shape index (κ3) is 7.53. The Morgan fingerprint density at radius 1 is 1.14 bits per heavy atom. The molecule has 0 N–H and O–H groups in total. The second-order valence-corrected chi connectivity index (χ2v) is 3.49. The lowest BCUT2D eigenvalue weighted by molar-refractivity contribution is -0.117. The minimum absolute atomic E-state index is 0.0997. The van der Waals surface area contributed by atoms with Gasteiger partial charge < -0.3 is 0 Å². The highest BCUT2D eigenvalue weighted by molar-refractivity contribution is 5.91. The van der Waals surface area contributed by atoms with Gasteiger partial charge in [-0.3, -0.25) is 4.79 Å². The summed E-state index contributed by atoms with van der Waals surface area (Å²) >= 11 is 0. The van der Waals surface area contributed by atoms with E-state index in [0.29, 0.717) is 0 Å². The highest BCUT2D eigenvalue weighted by atomic mass is 16.1. The van der Waals surface area contributed by atoms with Crippen LogP contribution in [0.1, 0.15) is 33.6 Å². The van der Waals surface area contributed by atoms with E-state index < -0.39 is 0 Å². The quantitative estimate of drug-likeness (QED) is 0.271. The van der Waals surface area contributed by atoms with Crippen molar-refractivity contribution in [1.82, 2.24) is 0 Å². The zero-order valence-corrected chi connectivity index (χ0v) is 9.36. The van der Waals surface area contributed by atoms with Crippen LogP contribution >= 0.6 is 0 Å². The standard InChI is InChI=1S/C13H20O/c1-4-5-6-7-8-9-10-11-13(14)12(2)3/h4-5,8-12H,6-7H2,1-3H3/b5-4+,9-8+,11-10+. The van der Waals surface area contributed by atoms with E-state index in [2.05, 4.69) is 12.2 Å². The lowest BCUT2D eigenvalue weighted by Gasteiger charge is -1.94. The van der Waals surface area contributed by atoms with Gasteiger partial charge in [0.25, 0.3) is 0 Å². The molecule has 0 aromatic rings. The number of allylic oxidation sites excluding steroid dienone is 6. The topological polar surface area (TPSA) is 17.1 Å². The van der Waals surface area contributed by atoms with Crippen LogP contribution in [0.15, 0.2) is 36.5 Å². The number of ketones is 1. The van der Waals surface area contributed by atoms with Crippen LogP contribution in [-0.2, 0) is 4.79 Å². The summed E-state index contributed by atoms with van der Waals surface area (Å²) in [6.07, 6.45) is 13.7. The molecule has 0 saturated heterocycles. The first-order valence-electron chi connectivity index (χ1n) is 5.16. The Bertz CT molecular complexity index is 232. The Kier molecular flexibility index (Phi) is 7.81. The molecule has 0 spiro atoms. The summed E-state index contributed by atoms with van der Waals surface area (Å²) in [5.41, 5.74) is 0.